The van der Waals surface area contributed by atoms with Crippen LogP contribution in [0.1, 0.15) is 33.5 Å². The van der Waals surface area contributed by atoms with Crippen LogP contribution < -0.4 is 10.7 Å². The van der Waals surface area contributed by atoms with E-state index in [-0.39, 0.29) is 17.2 Å². The van der Waals surface area contributed by atoms with E-state index >= 15 is 0 Å². The number of fused-ring (bicyclic) bond motifs is 1. The molecule has 152 valence electrons. The average Bonchev–Trinajstić information content (AvgIpc) is 3.24. The van der Waals surface area contributed by atoms with Gasteiger partial charge in [-0.3, -0.25) is 14.5 Å². The quantitative estimate of drug-likeness (QED) is 0.714. The van der Waals surface area contributed by atoms with Crippen LogP contribution in [-0.2, 0) is 4.74 Å². The molecule has 0 radical (unpaired) electrons. The molecule has 1 aliphatic heterocycles. The zero-order chi connectivity index (χ0) is 20.4. The van der Waals surface area contributed by atoms with Gasteiger partial charge in [0.05, 0.1) is 30.9 Å². The lowest BCUT2D eigenvalue weighted by atomic mass is 10.1. The number of ether oxygens (including phenoxy) is 1. The van der Waals surface area contributed by atoms with E-state index in [1.165, 1.54) is 6.07 Å². The summed E-state index contributed by atoms with van der Waals surface area (Å²) in [6.07, 6.45) is 1.62. The lowest BCUT2D eigenvalue weighted by molar-refractivity contribution is 0.0117. The van der Waals surface area contributed by atoms with Crippen molar-refractivity contribution in [3.8, 4) is 0 Å². The second-order valence-corrected chi connectivity index (χ2v) is 7.32. The van der Waals surface area contributed by atoms with Crippen LogP contribution >= 0.6 is 0 Å². The molecule has 0 aliphatic carbocycles. The molecule has 7 nitrogen and oxygen atoms in total. The number of carbonyl (C=O) groups excluding carboxylic acids is 1. The maximum Gasteiger partial charge on any atom is 0.287 e. The Morgan fingerprint density at radius 1 is 1.21 bits per heavy atom. The van der Waals surface area contributed by atoms with E-state index in [2.05, 4.69) is 10.2 Å². The maximum atomic E-state index is 12.8. The zero-order valence-corrected chi connectivity index (χ0v) is 16.6. The van der Waals surface area contributed by atoms with Crippen molar-refractivity contribution in [3.63, 3.8) is 0 Å². The van der Waals surface area contributed by atoms with Crippen molar-refractivity contribution in [2.75, 3.05) is 32.8 Å². The number of amides is 1. The summed E-state index contributed by atoms with van der Waals surface area (Å²) in [6.45, 7) is 6.92. The molecule has 3 heterocycles. The fraction of sp³-hybridized carbons (Fsp3) is 0.364. The second-order valence-electron chi connectivity index (χ2n) is 7.32. The van der Waals surface area contributed by atoms with Gasteiger partial charge in [-0.15, -0.1) is 0 Å². The van der Waals surface area contributed by atoms with Gasteiger partial charge in [-0.1, -0.05) is 6.07 Å². The van der Waals surface area contributed by atoms with Gasteiger partial charge in [0, 0.05) is 25.7 Å². The van der Waals surface area contributed by atoms with Crippen LogP contribution in [0.3, 0.4) is 0 Å². The monoisotopic (exact) mass is 396 g/mol. The zero-order valence-electron chi connectivity index (χ0n) is 16.6. The smallest absolute Gasteiger partial charge is 0.287 e. The van der Waals surface area contributed by atoms with Crippen LogP contribution in [0.25, 0.3) is 11.0 Å². The Balaban J connectivity index is 1.56. The van der Waals surface area contributed by atoms with E-state index < -0.39 is 5.91 Å². The average molecular weight is 396 g/mol. The summed E-state index contributed by atoms with van der Waals surface area (Å²) in [5, 5.41) is 3.38. The van der Waals surface area contributed by atoms with Gasteiger partial charge in [0.25, 0.3) is 5.91 Å². The molecule has 29 heavy (non-hydrogen) atoms. The Bertz CT molecular complexity index is 1060. The molecule has 0 bridgehead atoms. The highest BCUT2D eigenvalue weighted by Gasteiger charge is 2.26. The van der Waals surface area contributed by atoms with E-state index in [1.807, 2.05) is 32.0 Å². The van der Waals surface area contributed by atoms with Gasteiger partial charge in [0.1, 0.15) is 11.3 Å². The van der Waals surface area contributed by atoms with Crippen LogP contribution in [0, 0.1) is 13.8 Å². The molecular weight excluding hydrogens is 372 g/mol. The van der Waals surface area contributed by atoms with Gasteiger partial charge in [-0.05, 0) is 43.2 Å². The van der Waals surface area contributed by atoms with Gasteiger partial charge in [0.15, 0.2) is 11.2 Å². The van der Waals surface area contributed by atoms with Gasteiger partial charge < -0.3 is 18.9 Å². The first kappa shape index (κ1) is 19.4. The first-order chi connectivity index (χ1) is 14.0. The van der Waals surface area contributed by atoms with Gasteiger partial charge in [0.2, 0.25) is 0 Å². The van der Waals surface area contributed by atoms with Crippen molar-refractivity contribution < 1.29 is 18.4 Å². The molecule has 1 fully saturated rings. The highest BCUT2D eigenvalue weighted by Crippen LogP contribution is 2.22. The third kappa shape index (κ3) is 4.11. The molecule has 4 rings (SSSR count). The highest BCUT2D eigenvalue weighted by atomic mass is 16.5. The van der Waals surface area contributed by atoms with Crippen LogP contribution in [0.15, 0.2) is 50.2 Å². The third-order valence-electron chi connectivity index (χ3n) is 5.20. The molecule has 3 aromatic rings. The summed E-state index contributed by atoms with van der Waals surface area (Å²) in [5.74, 6) is 0.363. The van der Waals surface area contributed by atoms with Crippen molar-refractivity contribution >= 4 is 16.9 Å². The van der Waals surface area contributed by atoms with Crippen LogP contribution in [0.2, 0.25) is 0 Å². The summed E-state index contributed by atoms with van der Waals surface area (Å²) < 4.78 is 16.8. The standard InChI is InChI=1S/C22H24N2O5/c1-14-10-15(2)21-16(11-14)18(25)12-20(29-21)22(26)23-13-17(19-4-3-7-28-19)24-5-8-27-9-6-24/h3-4,7,10-12,17H,5-6,8-9,13H2,1-2H3,(H,23,26)/t17-/m1/s1. The molecule has 0 saturated carbocycles. The van der Waals surface area contributed by atoms with Crippen molar-refractivity contribution in [2.24, 2.45) is 0 Å². The highest BCUT2D eigenvalue weighted by molar-refractivity contribution is 5.93. The molecule has 7 heteroatoms. The van der Waals surface area contributed by atoms with E-state index in [0.29, 0.717) is 30.7 Å². The van der Waals surface area contributed by atoms with Crippen molar-refractivity contribution in [2.45, 2.75) is 19.9 Å². The number of hydrogen-bond acceptors (Lipinski definition) is 6. The summed E-state index contributed by atoms with van der Waals surface area (Å²) in [5.41, 5.74) is 2.03. The second kappa shape index (κ2) is 8.23. The maximum absolute atomic E-state index is 12.8. The number of furan rings is 1. The summed E-state index contributed by atoms with van der Waals surface area (Å²) in [4.78, 5) is 27.5. The first-order valence-corrected chi connectivity index (χ1v) is 9.71. The summed E-state index contributed by atoms with van der Waals surface area (Å²) in [7, 11) is 0. The van der Waals surface area contributed by atoms with Crippen LogP contribution in [-0.4, -0.2) is 43.7 Å². The van der Waals surface area contributed by atoms with Crippen LogP contribution in [0.4, 0.5) is 0 Å². The largest absolute Gasteiger partial charge is 0.468 e. The molecule has 2 aromatic heterocycles. The molecular formula is C22H24N2O5. The van der Waals surface area contributed by atoms with E-state index in [9.17, 15) is 9.59 Å². The summed E-state index contributed by atoms with van der Waals surface area (Å²) >= 11 is 0. The fourth-order valence-electron chi connectivity index (χ4n) is 3.78. The number of benzene rings is 1. The molecule has 1 amide bonds. The number of aryl methyl sites for hydroxylation is 2. The molecule has 0 spiro atoms. The van der Waals surface area contributed by atoms with Crippen molar-refractivity contribution in [1.29, 1.82) is 0 Å². The number of carbonyl (C=O) groups is 1. The molecule has 0 unspecified atom stereocenters. The summed E-state index contributed by atoms with van der Waals surface area (Å²) in [6, 6.07) is 8.58. The lowest BCUT2D eigenvalue weighted by Gasteiger charge is -2.33. The number of morpholine rings is 1. The number of hydrogen-bond donors (Lipinski definition) is 1. The Kier molecular flexibility index (Phi) is 5.51. The minimum atomic E-state index is -0.422. The first-order valence-electron chi connectivity index (χ1n) is 9.71. The third-order valence-corrected chi connectivity index (χ3v) is 5.20. The Morgan fingerprint density at radius 2 is 2.00 bits per heavy atom. The SMILES string of the molecule is Cc1cc(C)c2oc(C(=O)NC[C@H](c3ccco3)N3CCOCC3)cc(=O)c2c1. The van der Waals surface area contributed by atoms with Crippen LogP contribution in [0.5, 0.6) is 0 Å². The van der Waals surface area contributed by atoms with Gasteiger partial charge in [-0.2, -0.15) is 0 Å². The Morgan fingerprint density at radius 3 is 2.72 bits per heavy atom. The molecule has 1 N–H and O–H groups in total. The minimum Gasteiger partial charge on any atom is -0.468 e. The fourth-order valence-corrected chi connectivity index (χ4v) is 3.78. The van der Waals surface area contributed by atoms with E-state index in [0.717, 1.165) is 30.0 Å². The topological polar surface area (TPSA) is 84.9 Å². The van der Waals surface area contributed by atoms with Gasteiger partial charge >= 0.3 is 0 Å². The predicted octanol–water partition coefficient (Wildman–Crippen LogP) is 2.81. The van der Waals surface area contributed by atoms with Gasteiger partial charge in [-0.25, -0.2) is 0 Å². The minimum absolute atomic E-state index is 0.00891. The van der Waals surface area contributed by atoms with Crippen molar-refractivity contribution in [3.05, 3.63) is 69.5 Å². The van der Waals surface area contributed by atoms with E-state index in [4.69, 9.17) is 13.6 Å². The van der Waals surface area contributed by atoms with E-state index in [1.54, 1.807) is 12.3 Å². The molecule has 1 saturated heterocycles. The number of nitrogens with zero attached hydrogens (tertiary/aromatic N) is 1. The predicted molar refractivity (Wildman–Crippen MR) is 108 cm³/mol. The number of rotatable bonds is 5. The molecule has 1 atom stereocenters. The molecule has 1 aromatic carbocycles. The molecule has 1 aliphatic rings. The normalized spacial score (nSPS) is 16.1. The Hall–Kier alpha value is -2.90. The lowest BCUT2D eigenvalue weighted by Crippen LogP contribution is -2.43. The Labute approximate surface area is 168 Å². The number of nitrogens with one attached hydrogen (secondary N) is 1. The van der Waals surface area contributed by atoms with Crippen molar-refractivity contribution in [1.82, 2.24) is 10.2 Å².